The summed E-state index contributed by atoms with van der Waals surface area (Å²) >= 11 is 0. The van der Waals surface area contributed by atoms with Crippen molar-refractivity contribution in [2.45, 2.75) is 39.0 Å². The van der Waals surface area contributed by atoms with Crippen molar-refractivity contribution in [2.75, 3.05) is 33.3 Å². The number of hydroxylamine groups is 2. The maximum absolute atomic E-state index is 12.5. The van der Waals surface area contributed by atoms with Gasteiger partial charge in [-0.2, -0.15) is 0 Å². The average Bonchev–Trinajstić information content (AvgIpc) is 3.15. The van der Waals surface area contributed by atoms with Crippen LogP contribution in [0, 0.1) is 0 Å². The van der Waals surface area contributed by atoms with Crippen molar-refractivity contribution in [1.82, 2.24) is 29.9 Å². The van der Waals surface area contributed by atoms with E-state index in [0.717, 1.165) is 5.70 Å². The summed E-state index contributed by atoms with van der Waals surface area (Å²) in [7, 11) is 1.91. The Labute approximate surface area is 187 Å². The van der Waals surface area contributed by atoms with Gasteiger partial charge in [-0.15, -0.1) is 11.7 Å². The van der Waals surface area contributed by atoms with Gasteiger partial charge in [-0.3, -0.25) is 24.2 Å². The lowest BCUT2D eigenvalue weighted by Crippen LogP contribution is -2.45. The second kappa shape index (κ2) is 10.9. The first-order valence-corrected chi connectivity index (χ1v) is 10.1. The number of primary amides is 1. The number of rotatable bonds is 10. The number of nitrogens with zero attached hydrogens (tertiary/aromatic N) is 6. The van der Waals surface area contributed by atoms with E-state index in [0.29, 0.717) is 25.2 Å². The van der Waals surface area contributed by atoms with Gasteiger partial charge in [0.15, 0.2) is 0 Å². The predicted molar refractivity (Wildman–Crippen MR) is 115 cm³/mol. The number of ether oxygens (including phenoxy) is 1. The van der Waals surface area contributed by atoms with Gasteiger partial charge >= 0.3 is 6.09 Å². The van der Waals surface area contributed by atoms with Crippen molar-refractivity contribution < 1.29 is 24.0 Å². The van der Waals surface area contributed by atoms with Crippen LogP contribution in [-0.2, 0) is 25.7 Å². The Kier molecular flexibility index (Phi) is 8.49. The van der Waals surface area contributed by atoms with Gasteiger partial charge in [0.2, 0.25) is 12.3 Å². The van der Waals surface area contributed by atoms with Gasteiger partial charge in [0.25, 0.3) is 0 Å². The molecule has 1 unspecified atom stereocenters. The molecule has 1 aromatic heterocycles. The van der Waals surface area contributed by atoms with Gasteiger partial charge in [-0.25, -0.2) is 14.5 Å². The number of aromatic nitrogens is 3. The van der Waals surface area contributed by atoms with Crippen LogP contribution in [0.1, 0.15) is 26.5 Å². The average molecular weight is 450 g/mol. The number of carbonyl (C=O) groups is 3. The van der Waals surface area contributed by atoms with Gasteiger partial charge in [0, 0.05) is 13.1 Å². The molecule has 12 nitrogen and oxygen atoms in total. The SMILES string of the molecule is C=CCON(C=O)C1C=C(n2cc(CN(CC(N)=O)C(=O)OC(C)(C)C)nn2)CN(C)C1. The van der Waals surface area contributed by atoms with Crippen LogP contribution in [0.15, 0.2) is 24.9 Å². The van der Waals surface area contributed by atoms with Crippen molar-refractivity contribution in [3.05, 3.63) is 30.6 Å². The molecule has 2 N–H and O–H groups in total. The molecule has 1 aliphatic heterocycles. The van der Waals surface area contributed by atoms with Crippen LogP contribution < -0.4 is 5.73 Å². The molecular weight excluding hydrogens is 418 g/mol. The molecule has 1 atom stereocenters. The van der Waals surface area contributed by atoms with Crippen LogP contribution in [-0.4, -0.2) is 93.2 Å². The molecule has 0 aromatic carbocycles. The summed E-state index contributed by atoms with van der Waals surface area (Å²) in [5, 5.41) is 9.47. The summed E-state index contributed by atoms with van der Waals surface area (Å²) in [6.07, 6.45) is 5.02. The van der Waals surface area contributed by atoms with Crippen molar-refractivity contribution in [1.29, 1.82) is 0 Å². The summed E-state index contributed by atoms with van der Waals surface area (Å²) in [4.78, 5) is 43.9. The van der Waals surface area contributed by atoms with E-state index in [1.165, 1.54) is 9.96 Å². The highest BCUT2D eigenvalue weighted by molar-refractivity contribution is 5.80. The lowest BCUT2D eigenvalue weighted by Gasteiger charge is -2.33. The van der Waals surface area contributed by atoms with Crippen molar-refractivity contribution in [2.24, 2.45) is 5.73 Å². The molecule has 12 heteroatoms. The van der Waals surface area contributed by atoms with Gasteiger partial charge in [-0.1, -0.05) is 11.3 Å². The molecule has 0 saturated heterocycles. The third kappa shape index (κ3) is 7.46. The maximum atomic E-state index is 12.5. The second-order valence-corrected chi connectivity index (χ2v) is 8.43. The smallest absolute Gasteiger partial charge is 0.411 e. The third-order valence-electron chi connectivity index (χ3n) is 4.27. The van der Waals surface area contributed by atoms with E-state index in [2.05, 4.69) is 16.9 Å². The Morgan fingerprint density at radius 2 is 2.12 bits per heavy atom. The predicted octanol–water partition coefficient (Wildman–Crippen LogP) is 0.231. The normalized spacial score (nSPS) is 16.8. The number of amides is 3. The minimum atomic E-state index is -0.727. The molecule has 1 aliphatic rings. The quantitative estimate of drug-likeness (QED) is 0.305. The molecule has 0 radical (unpaired) electrons. The zero-order chi connectivity index (χ0) is 23.9. The molecule has 3 amide bonds. The summed E-state index contributed by atoms with van der Waals surface area (Å²) in [5.74, 6) is -0.670. The van der Waals surface area contributed by atoms with E-state index in [1.807, 2.05) is 18.0 Å². The Morgan fingerprint density at radius 1 is 1.41 bits per heavy atom. The number of nitrogens with two attached hydrogens (primary N) is 1. The van der Waals surface area contributed by atoms with Crippen LogP contribution >= 0.6 is 0 Å². The first-order chi connectivity index (χ1) is 15.0. The molecular formula is C20H31N7O5. The van der Waals surface area contributed by atoms with E-state index in [4.69, 9.17) is 15.3 Å². The minimum Gasteiger partial charge on any atom is -0.444 e. The Balaban J connectivity index is 2.19. The molecule has 1 aromatic rings. The first-order valence-electron chi connectivity index (χ1n) is 10.1. The largest absolute Gasteiger partial charge is 0.444 e. The summed E-state index contributed by atoms with van der Waals surface area (Å²) in [6, 6.07) is -0.332. The number of likely N-dealkylation sites (N-methyl/N-ethyl adjacent to an activating group) is 1. The van der Waals surface area contributed by atoms with Crippen LogP contribution in [0.3, 0.4) is 0 Å². The summed E-state index contributed by atoms with van der Waals surface area (Å²) in [6.45, 7) is 9.79. The summed E-state index contributed by atoms with van der Waals surface area (Å²) < 4.78 is 6.90. The fraction of sp³-hybridized carbons (Fsp3) is 0.550. The zero-order valence-electron chi connectivity index (χ0n) is 18.9. The molecule has 0 aliphatic carbocycles. The number of carbonyl (C=O) groups excluding carboxylic acids is 3. The molecule has 0 spiro atoms. The lowest BCUT2D eigenvalue weighted by molar-refractivity contribution is -0.177. The molecule has 0 bridgehead atoms. The van der Waals surface area contributed by atoms with Crippen LogP contribution in [0.2, 0.25) is 0 Å². The topological polar surface area (TPSA) is 136 Å². The molecule has 2 rings (SSSR count). The molecule has 176 valence electrons. The van der Waals surface area contributed by atoms with E-state index < -0.39 is 17.6 Å². The number of hydrogen-bond donors (Lipinski definition) is 1. The van der Waals surface area contributed by atoms with Gasteiger partial charge in [0.1, 0.15) is 17.8 Å². The first kappa shape index (κ1) is 25.0. The molecule has 2 heterocycles. The lowest BCUT2D eigenvalue weighted by atomic mass is 10.1. The van der Waals surface area contributed by atoms with E-state index >= 15 is 0 Å². The highest BCUT2D eigenvalue weighted by Crippen LogP contribution is 2.18. The Bertz CT molecular complexity index is 861. The maximum Gasteiger partial charge on any atom is 0.411 e. The van der Waals surface area contributed by atoms with Gasteiger partial charge in [-0.05, 0) is 33.9 Å². The third-order valence-corrected chi connectivity index (χ3v) is 4.27. The highest BCUT2D eigenvalue weighted by atomic mass is 16.7. The monoisotopic (exact) mass is 449 g/mol. The van der Waals surface area contributed by atoms with E-state index in [-0.39, 0.29) is 25.7 Å². The van der Waals surface area contributed by atoms with Crippen molar-refractivity contribution in [3.8, 4) is 0 Å². The molecule has 32 heavy (non-hydrogen) atoms. The molecule has 0 fully saturated rings. The second-order valence-electron chi connectivity index (χ2n) is 8.43. The van der Waals surface area contributed by atoms with E-state index in [1.54, 1.807) is 37.7 Å². The fourth-order valence-corrected chi connectivity index (χ4v) is 3.04. The van der Waals surface area contributed by atoms with Gasteiger partial charge in [0.05, 0.1) is 31.1 Å². The van der Waals surface area contributed by atoms with Crippen LogP contribution in [0.4, 0.5) is 4.79 Å². The molecule has 0 saturated carbocycles. The van der Waals surface area contributed by atoms with Crippen molar-refractivity contribution in [3.63, 3.8) is 0 Å². The zero-order valence-corrected chi connectivity index (χ0v) is 18.9. The number of hydrogen-bond acceptors (Lipinski definition) is 8. The van der Waals surface area contributed by atoms with Gasteiger partial charge < -0.3 is 10.5 Å². The standard InChI is InChI=1S/C20H31N7O5/c1-6-7-31-27(14-28)17-8-16(11-24(5)12-17)26-10-15(22-23-26)9-25(13-18(21)29)19(30)32-20(2,3)4/h6,8,10,14,17H,1,7,9,11-13H2,2-5H3,(H2,21,29). The van der Waals surface area contributed by atoms with E-state index in [9.17, 15) is 14.4 Å². The minimum absolute atomic E-state index is 0.00664. The Hall–Kier alpha value is -3.25. The van der Waals surface area contributed by atoms with Crippen molar-refractivity contribution >= 4 is 24.1 Å². The fourth-order valence-electron chi connectivity index (χ4n) is 3.04. The highest BCUT2D eigenvalue weighted by Gasteiger charge is 2.27. The Morgan fingerprint density at radius 3 is 2.72 bits per heavy atom. The summed E-state index contributed by atoms with van der Waals surface area (Å²) in [5.41, 5.74) is 5.77. The van der Waals surface area contributed by atoms with Crippen LogP contribution in [0.5, 0.6) is 0 Å². The van der Waals surface area contributed by atoms with Crippen LogP contribution in [0.25, 0.3) is 5.70 Å².